The summed E-state index contributed by atoms with van der Waals surface area (Å²) in [6.45, 7) is 3.21. The molecule has 164 valence electrons. The minimum atomic E-state index is -0.146. The number of aromatic amines is 1. The maximum Gasteiger partial charge on any atom is 0.253 e. The number of H-pyrrole nitrogens is 1. The summed E-state index contributed by atoms with van der Waals surface area (Å²) in [6, 6.07) is 14.2. The van der Waals surface area contributed by atoms with Crippen LogP contribution in [0.25, 0.3) is 11.0 Å². The van der Waals surface area contributed by atoms with E-state index in [0.29, 0.717) is 18.5 Å². The Bertz CT molecular complexity index is 1400. The van der Waals surface area contributed by atoms with E-state index in [1.807, 2.05) is 54.6 Å². The lowest BCUT2D eigenvalue weighted by atomic mass is 10.0. The van der Waals surface area contributed by atoms with Gasteiger partial charge < -0.3 is 10.3 Å². The third kappa shape index (κ3) is 4.82. The SMILES string of the molecule is Cc1cnn(Cc2ccc(Cc3cncc(C(=O)NCc4c[nH]c5ncccc45)c3)cc2)c1. The van der Waals surface area contributed by atoms with Gasteiger partial charge in [-0.3, -0.25) is 14.5 Å². The first kappa shape index (κ1) is 20.6. The van der Waals surface area contributed by atoms with E-state index in [0.717, 1.165) is 34.3 Å². The fraction of sp³-hybridized carbons (Fsp3) is 0.154. The summed E-state index contributed by atoms with van der Waals surface area (Å²) in [5.74, 6) is -0.146. The average Bonchev–Trinajstić information content (AvgIpc) is 3.44. The molecule has 0 bridgehead atoms. The second kappa shape index (κ2) is 9.08. The number of carbonyl (C=O) groups excluding carboxylic acids is 1. The van der Waals surface area contributed by atoms with Crippen LogP contribution >= 0.6 is 0 Å². The molecule has 2 N–H and O–H groups in total. The molecule has 1 aromatic carbocycles. The van der Waals surface area contributed by atoms with E-state index in [-0.39, 0.29) is 5.91 Å². The van der Waals surface area contributed by atoms with Gasteiger partial charge in [0.15, 0.2) is 0 Å². The molecule has 33 heavy (non-hydrogen) atoms. The highest BCUT2D eigenvalue weighted by molar-refractivity contribution is 5.94. The Labute approximate surface area is 191 Å². The number of amides is 1. The molecule has 0 fully saturated rings. The van der Waals surface area contributed by atoms with Gasteiger partial charge in [0.2, 0.25) is 0 Å². The van der Waals surface area contributed by atoms with Crippen LogP contribution in [0.5, 0.6) is 0 Å². The number of pyridine rings is 2. The molecule has 1 amide bonds. The molecule has 0 atom stereocenters. The van der Waals surface area contributed by atoms with Gasteiger partial charge in [-0.2, -0.15) is 5.10 Å². The number of carbonyl (C=O) groups is 1. The predicted octanol–water partition coefficient (Wildman–Crippen LogP) is 4.03. The second-order valence-electron chi connectivity index (χ2n) is 8.19. The maximum absolute atomic E-state index is 12.7. The van der Waals surface area contributed by atoms with E-state index in [2.05, 4.69) is 49.6 Å². The molecule has 0 radical (unpaired) electrons. The third-order valence-corrected chi connectivity index (χ3v) is 5.57. The second-order valence-corrected chi connectivity index (χ2v) is 8.19. The van der Waals surface area contributed by atoms with E-state index in [1.54, 1.807) is 12.4 Å². The number of benzene rings is 1. The standard InChI is InChI=1S/C26H24N6O/c1-18-11-31-32(16-18)17-20-6-4-19(5-7-20)9-21-10-22(13-27-12-21)26(33)30-15-23-14-29-25-24(23)3-2-8-28-25/h2-8,10-14,16H,9,15,17H2,1H3,(H,28,29)(H,30,33). The molecule has 5 rings (SSSR count). The van der Waals surface area contributed by atoms with Crippen LogP contribution in [0.15, 0.2) is 79.6 Å². The van der Waals surface area contributed by atoms with Crippen molar-refractivity contribution in [3.63, 3.8) is 0 Å². The fourth-order valence-corrected chi connectivity index (χ4v) is 3.88. The average molecular weight is 437 g/mol. The Hall–Kier alpha value is -4.26. The molecule has 0 aliphatic heterocycles. The van der Waals surface area contributed by atoms with Gasteiger partial charge in [0.1, 0.15) is 5.65 Å². The number of hydrogen-bond acceptors (Lipinski definition) is 4. The van der Waals surface area contributed by atoms with Crippen molar-refractivity contribution in [2.45, 2.75) is 26.4 Å². The minimum Gasteiger partial charge on any atom is -0.348 e. The number of aryl methyl sites for hydroxylation is 1. The van der Waals surface area contributed by atoms with Crippen molar-refractivity contribution in [1.82, 2.24) is 30.0 Å². The van der Waals surface area contributed by atoms with Crippen LogP contribution in [0.3, 0.4) is 0 Å². The largest absolute Gasteiger partial charge is 0.348 e. The van der Waals surface area contributed by atoms with Gasteiger partial charge in [0, 0.05) is 42.9 Å². The molecule has 7 heteroatoms. The summed E-state index contributed by atoms with van der Waals surface area (Å²) in [5.41, 5.74) is 6.88. The fourth-order valence-electron chi connectivity index (χ4n) is 3.88. The minimum absolute atomic E-state index is 0.146. The number of nitrogens with zero attached hydrogens (tertiary/aromatic N) is 4. The maximum atomic E-state index is 12.7. The van der Waals surface area contributed by atoms with E-state index in [4.69, 9.17) is 0 Å². The molecule has 5 aromatic rings. The summed E-state index contributed by atoms with van der Waals surface area (Å²) in [5, 5.41) is 8.33. The van der Waals surface area contributed by atoms with Crippen LogP contribution in [0.2, 0.25) is 0 Å². The molecule has 0 aliphatic rings. The topological polar surface area (TPSA) is 88.5 Å². The van der Waals surface area contributed by atoms with E-state index in [1.165, 1.54) is 11.1 Å². The monoisotopic (exact) mass is 436 g/mol. The van der Waals surface area contributed by atoms with E-state index in [9.17, 15) is 4.79 Å². The van der Waals surface area contributed by atoms with Crippen molar-refractivity contribution in [1.29, 1.82) is 0 Å². The van der Waals surface area contributed by atoms with Crippen molar-refractivity contribution < 1.29 is 4.79 Å². The smallest absolute Gasteiger partial charge is 0.253 e. The predicted molar refractivity (Wildman–Crippen MR) is 127 cm³/mol. The van der Waals surface area contributed by atoms with Crippen molar-refractivity contribution in [2.75, 3.05) is 0 Å². The molecular formula is C26H24N6O. The molecule has 4 heterocycles. The van der Waals surface area contributed by atoms with Gasteiger partial charge >= 0.3 is 0 Å². The first-order valence-electron chi connectivity index (χ1n) is 10.8. The van der Waals surface area contributed by atoms with Gasteiger partial charge in [-0.05, 0) is 59.4 Å². The number of nitrogens with one attached hydrogen (secondary N) is 2. The summed E-state index contributed by atoms with van der Waals surface area (Å²) < 4.78 is 1.93. The Morgan fingerprint density at radius 2 is 1.91 bits per heavy atom. The third-order valence-electron chi connectivity index (χ3n) is 5.57. The zero-order valence-corrected chi connectivity index (χ0v) is 18.3. The molecule has 0 aliphatic carbocycles. The lowest BCUT2D eigenvalue weighted by molar-refractivity contribution is 0.0950. The Balaban J connectivity index is 1.22. The lowest BCUT2D eigenvalue weighted by Gasteiger charge is -2.08. The zero-order chi connectivity index (χ0) is 22.6. The molecule has 0 saturated heterocycles. The van der Waals surface area contributed by atoms with Gasteiger partial charge in [0.05, 0.1) is 18.3 Å². The van der Waals surface area contributed by atoms with E-state index >= 15 is 0 Å². The molecule has 4 aromatic heterocycles. The van der Waals surface area contributed by atoms with Gasteiger partial charge in [-0.25, -0.2) is 4.98 Å². The Kier molecular flexibility index (Phi) is 5.68. The van der Waals surface area contributed by atoms with Gasteiger partial charge in [0.25, 0.3) is 5.91 Å². The highest BCUT2D eigenvalue weighted by Gasteiger charge is 2.10. The summed E-state index contributed by atoms with van der Waals surface area (Å²) in [7, 11) is 0. The molecule has 0 unspecified atom stereocenters. The zero-order valence-electron chi connectivity index (χ0n) is 18.3. The van der Waals surface area contributed by atoms with Crippen LogP contribution in [0, 0.1) is 6.92 Å². The van der Waals surface area contributed by atoms with Gasteiger partial charge in [-0.1, -0.05) is 24.3 Å². The number of hydrogen-bond donors (Lipinski definition) is 2. The number of rotatable bonds is 7. The summed E-state index contributed by atoms with van der Waals surface area (Å²) >= 11 is 0. The molecular weight excluding hydrogens is 412 g/mol. The van der Waals surface area contributed by atoms with Crippen LogP contribution < -0.4 is 5.32 Å². The lowest BCUT2D eigenvalue weighted by Crippen LogP contribution is -2.23. The Morgan fingerprint density at radius 1 is 1.06 bits per heavy atom. The molecule has 7 nitrogen and oxygen atoms in total. The highest BCUT2D eigenvalue weighted by atomic mass is 16.1. The van der Waals surface area contributed by atoms with Gasteiger partial charge in [-0.15, -0.1) is 0 Å². The van der Waals surface area contributed by atoms with Crippen LogP contribution in [0.1, 0.15) is 38.2 Å². The van der Waals surface area contributed by atoms with Crippen molar-refractivity contribution >= 4 is 16.9 Å². The first-order valence-corrected chi connectivity index (χ1v) is 10.8. The van der Waals surface area contributed by atoms with Crippen molar-refractivity contribution in [3.8, 4) is 0 Å². The number of fused-ring (bicyclic) bond motifs is 1. The van der Waals surface area contributed by atoms with Crippen LogP contribution in [0.4, 0.5) is 0 Å². The van der Waals surface area contributed by atoms with Crippen molar-refractivity contribution in [2.24, 2.45) is 0 Å². The van der Waals surface area contributed by atoms with Crippen LogP contribution in [-0.4, -0.2) is 30.6 Å². The number of aromatic nitrogens is 5. The highest BCUT2D eigenvalue weighted by Crippen LogP contribution is 2.16. The summed E-state index contributed by atoms with van der Waals surface area (Å²) in [6.07, 6.45) is 11.6. The first-order chi connectivity index (χ1) is 16.1. The molecule has 0 saturated carbocycles. The normalized spacial score (nSPS) is 11.1. The van der Waals surface area contributed by atoms with E-state index < -0.39 is 0 Å². The quantitative estimate of drug-likeness (QED) is 0.403. The van der Waals surface area contributed by atoms with Crippen molar-refractivity contribution in [3.05, 3.63) is 113 Å². The molecule has 0 spiro atoms. The Morgan fingerprint density at radius 3 is 2.73 bits per heavy atom. The van der Waals surface area contributed by atoms with Crippen LogP contribution in [-0.2, 0) is 19.5 Å². The summed E-state index contributed by atoms with van der Waals surface area (Å²) in [4.78, 5) is 24.4.